The Balaban J connectivity index is 1.60. The molecule has 1 aromatic rings. The Hall–Kier alpha value is -1.69. The molecule has 0 unspecified atom stereocenters. The van der Waals surface area contributed by atoms with Crippen LogP contribution in [-0.4, -0.2) is 40.7 Å². The van der Waals surface area contributed by atoms with E-state index >= 15 is 0 Å². The SMILES string of the molecule is Cc1nnc([C@@H]2CN(C(=O)CC3=CCCCC3)CCO2)o1. The number of carbonyl (C=O) groups is 1. The molecule has 1 aromatic heterocycles. The second-order valence-electron chi connectivity index (χ2n) is 5.64. The predicted octanol–water partition coefficient (Wildman–Crippen LogP) is 2.17. The molecule has 21 heavy (non-hydrogen) atoms. The molecule has 1 aliphatic carbocycles. The molecule has 0 bridgehead atoms. The monoisotopic (exact) mass is 291 g/mol. The highest BCUT2D eigenvalue weighted by molar-refractivity contribution is 5.78. The molecule has 2 heterocycles. The molecule has 1 fully saturated rings. The van der Waals surface area contributed by atoms with E-state index in [1.54, 1.807) is 6.92 Å². The minimum absolute atomic E-state index is 0.174. The number of amides is 1. The van der Waals surface area contributed by atoms with Crippen molar-refractivity contribution in [2.75, 3.05) is 19.7 Å². The molecule has 6 nitrogen and oxygen atoms in total. The second-order valence-corrected chi connectivity index (χ2v) is 5.64. The van der Waals surface area contributed by atoms with Crippen molar-refractivity contribution in [2.45, 2.75) is 45.1 Å². The highest BCUT2D eigenvalue weighted by Crippen LogP contribution is 2.24. The average molecular weight is 291 g/mol. The van der Waals surface area contributed by atoms with E-state index in [4.69, 9.17) is 9.15 Å². The van der Waals surface area contributed by atoms with Crippen molar-refractivity contribution in [3.05, 3.63) is 23.4 Å². The first-order valence-corrected chi connectivity index (χ1v) is 7.59. The summed E-state index contributed by atoms with van der Waals surface area (Å²) < 4.78 is 11.0. The van der Waals surface area contributed by atoms with Crippen LogP contribution in [0.25, 0.3) is 0 Å². The fourth-order valence-electron chi connectivity index (χ4n) is 2.84. The van der Waals surface area contributed by atoms with Crippen LogP contribution in [0, 0.1) is 6.92 Å². The lowest BCUT2D eigenvalue weighted by molar-refractivity contribution is -0.139. The van der Waals surface area contributed by atoms with Crippen molar-refractivity contribution < 1.29 is 13.9 Å². The minimum atomic E-state index is -0.302. The quantitative estimate of drug-likeness (QED) is 0.798. The molecular formula is C15H21N3O3. The highest BCUT2D eigenvalue weighted by atomic mass is 16.5. The normalized spacial score (nSPS) is 23.0. The van der Waals surface area contributed by atoms with Crippen molar-refractivity contribution in [3.63, 3.8) is 0 Å². The van der Waals surface area contributed by atoms with E-state index in [9.17, 15) is 4.79 Å². The van der Waals surface area contributed by atoms with Gasteiger partial charge in [-0.15, -0.1) is 10.2 Å². The summed E-state index contributed by atoms with van der Waals surface area (Å²) in [5.74, 6) is 1.15. The molecule has 0 spiro atoms. The van der Waals surface area contributed by atoms with E-state index in [1.807, 2.05) is 4.90 Å². The Morgan fingerprint density at radius 3 is 3.05 bits per heavy atom. The fraction of sp³-hybridized carbons (Fsp3) is 0.667. The summed E-state index contributed by atoms with van der Waals surface area (Å²) in [5, 5.41) is 7.80. The summed E-state index contributed by atoms with van der Waals surface area (Å²) in [6, 6.07) is 0. The van der Waals surface area contributed by atoms with Crippen LogP contribution in [0.4, 0.5) is 0 Å². The number of carbonyl (C=O) groups excluding carboxylic acids is 1. The third-order valence-electron chi connectivity index (χ3n) is 4.00. The molecule has 0 N–H and O–H groups in total. The van der Waals surface area contributed by atoms with Gasteiger partial charge < -0.3 is 14.1 Å². The lowest BCUT2D eigenvalue weighted by atomic mass is 9.97. The number of allylic oxidation sites excluding steroid dienone is 1. The number of hydrogen-bond donors (Lipinski definition) is 0. The van der Waals surface area contributed by atoms with Gasteiger partial charge in [0.2, 0.25) is 17.7 Å². The molecule has 6 heteroatoms. The second kappa shape index (κ2) is 6.39. The molecule has 1 amide bonds. The Bertz CT molecular complexity index is 538. The molecule has 3 rings (SSSR count). The number of ether oxygens (including phenoxy) is 1. The molecule has 1 aliphatic heterocycles. The summed E-state index contributed by atoms with van der Waals surface area (Å²) in [6.45, 7) is 3.39. The zero-order valence-electron chi connectivity index (χ0n) is 12.4. The van der Waals surface area contributed by atoms with Crippen molar-refractivity contribution in [1.29, 1.82) is 0 Å². The first-order chi connectivity index (χ1) is 10.2. The van der Waals surface area contributed by atoms with Crippen LogP contribution < -0.4 is 0 Å². The van der Waals surface area contributed by atoms with Crippen molar-refractivity contribution >= 4 is 5.91 Å². The van der Waals surface area contributed by atoms with E-state index in [0.717, 1.165) is 12.8 Å². The predicted molar refractivity (Wildman–Crippen MR) is 75.5 cm³/mol. The van der Waals surface area contributed by atoms with Crippen molar-refractivity contribution in [3.8, 4) is 0 Å². The topological polar surface area (TPSA) is 68.5 Å². The first kappa shape index (κ1) is 14.3. The number of aryl methyl sites for hydroxylation is 1. The molecule has 1 saturated heterocycles. The van der Waals surface area contributed by atoms with E-state index < -0.39 is 0 Å². The molecule has 114 valence electrons. The fourth-order valence-corrected chi connectivity index (χ4v) is 2.84. The van der Waals surface area contributed by atoms with Gasteiger partial charge in [0.05, 0.1) is 13.2 Å². The molecule has 0 saturated carbocycles. The molecule has 2 aliphatic rings. The molecule has 0 aromatic carbocycles. The van der Waals surface area contributed by atoms with Crippen molar-refractivity contribution in [1.82, 2.24) is 15.1 Å². The van der Waals surface area contributed by atoms with Crippen LogP contribution >= 0.6 is 0 Å². The van der Waals surface area contributed by atoms with Crippen LogP contribution in [0.2, 0.25) is 0 Å². The maximum Gasteiger partial charge on any atom is 0.246 e. The van der Waals surface area contributed by atoms with E-state index in [1.165, 1.54) is 18.4 Å². The maximum atomic E-state index is 12.4. The minimum Gasteiger partial charge on any atom is -0.423 e. The first-order valence-electron chi connectivity index (χ1n) is 7.59. The van der Waals surface area contributed by atoms with Crippen LogP contribution in [0.15, 0.2) is 16.1 Å². The van der Waals surface area contributed by atoms with Gasteiger partial charge in [0.25, 0.3) is 0 Å². The van der Waals surface area contributed by atoms with Gasteiger partial charge in [-0.2, -0.15) is 0 Å². The summed E-state index contributed by atoms with van der Waals surface area (Å²) in [6.07, 6.45) is 7.07. The van der Waals surface area contributed by atoms with Gasteiger partial charge in [-0.25, -0.2) is 0 Å². The van der Waals surface area contributed by atoms with Crippen LogP contribution in [-0.2, 0) is 9.53 Å². The van der Waals surface area contributed by atoms with Gasteiger partial charge >= 0.3 is 0 Å². The van der Waals surface area contributed by atoms with Gasteiger partial charge in [0.1, 0.15) is 0 Å². The molecule has 0 radical (unpaired) electrons. The largest absolute Gasteiger partial charge is 0.423 e. The zero-order chi connectivity index (χ0) is 14.7. The zero-order valence-corrected chi connectivity index (χ0v) is 12.4. The average Bonchev–Trinajstić information content (AvgIpc) is 2.95. The highest BCUT2D eigenvalue weighted by Gasteiger charge is 2.29. The number of rotatable bonds is 3. The maximum absolute atomic E-state index is 12.4. The number of aromatic nitrogens is 2. The van der Waals surface area contributed by atoms with Crippen LogP contribution in [0.3, 0.4) is 0 Å². The molecule has 1 atom stereocenters. The standard InChI is InChI=1S/C15H21N3O3/c1-11-16-17-15(21-11)13-10-18(7-8-20-13)14(19)9-12-5-3-2-4-6-12/h5,13H,2-4,6-10H2,1H3/t13-/m0/s1. The Labute approximate surface area is 124 Å². The van der Waals surface area contributed by atoms with Gasteiger partial charge in [-0.05, 0) is 25.7 Å². The summed E-state index contributed by atoms with van der Waals surface area (Å²) in [5.41, 5.74) is 1.28. The lowest BCUT2D eigenvalue weighted by Gasteiger charge is -2.31. The Kier molecular flexibility index (Phi) is 4.34. The summed E-state index contributed by atoms with van der Waals surface area (Å²) >= 11 is 0. The number of morpholine rings is 1. The van der Waals surface area contributed by atoms with Crippen LogP contribution in [0.1, 0.15) is 50.0 Å². The van der Waals surface area contributed by atoms with E-state index in [-0.39, 0.29) is 12.0 Å². The summed E-state index contributed by atoms with van der Waals surface area (Å²) in [4.78, 5) is 14.3. The summed E-state index contributed by atoms with van der Waals surface area (Å²) in [7, 11) is 0. The third-order valence-corrected chi connectivity index (χ3v) is 4.00. The van der Waals surface area contributed by atoms with Gasteiger partial charge in [0, 0.05) is 19.9 Å². The van der Waals surface area contributed by atoms with Crippen molar-refractivity contribution in [2.24, 2.45) is 0 Å². The number of nitrogens with zero attached hydrogens (tertiary/aromatic N) is 3. The van der Waals surface area contributed by atoms with E-state index in [0.29, 0.717) is 37.9 Å². The molecular weight excluding hydrogens is 270 g/mol. The van der Waals surface area contributed by atoms with E-state index in [2.05, 4.69) is 16.3 Å². The third kappa shape index (κ3) is 3.50. The lowest BCUT2D eigenvalue weighted by Crippen LogP contribution is -2.42. The van der Waals surface area contributed by atoms with Gasteiger partial charge in [0.15, 0.2) is 6.10 Å². The Morgan fingerprint density at radius 1 is 1.43 bits per heavy atom. The smallest absolute Gasteiger partial charge is 0.246 e. The number of hydrogen-bond acceptors (Lipinski definition) is 5. The van der Waals surface area contributed by atoms with Gasteiger partial charge in [-0.1, -0.05) is 11.6 Å². The Morgan fingerprint density at radius 2 is 2.33 bits per heavy atom. The van der Waals surface area contributed by atoms with Gasteiger partial charge in [-0.3, -0.25) is 4.79 Å². The van der Waals surface area contributed by atoms with Crippen LogP contribution in [0.5, 0.6) is 0 Å².